The summed E-state index contributed by atoms with van der Waals surface area (Å²) in [4.78, 5) is 17.1. The molecule has 3 aliphatic rings. The summed E-state index contributed by atoms with van der Waals surface area (Å²) in [5.74, 6) is -1.98. The first-order chi connectivity index (χ1) is 14.9. The van der Waals surface area contributed by atoms with Crippen LogP contribution in [0.15, 0.2) is 4.99 Å². The van der Waals surface area contributed by atoms with E-state index in [1.807, 2.05) is 13.8 Å². The topological polar surface area (TPSA) is 113 Å². The maximum absolute atomic E-state index is 13.9. The molecule has 7 atom stereocenters. The van der Waals surface area contributed by atoms with Crippen LogP contribution in [0.3, 0.4) is 0 Å². The molecule has 9 nitrogen and oxygen atoms in total. The number of alkyl halides is 4. The van der Waals surface area contributed by atoms with Crippen LogP contribution in [0.2, 0.25) is 0 Å². The fourth-order valence-corrected chi connectivity index (χ4v) is 4.51. The lowest BCUT2D eigenvalue weighted by atomic mass is 9.81. The molecule has 1 saturated carbocycles. The van der Waals surface area contributed by atoms with E-state index in [-0.39, 0.29) is 36.9 Å². The van der Waals surface area contributed by atoms with Gasteiger partial charge in [0.05, 0.1) is 12.0 Å². The minimum atomic E-state index is -4.57. The number of rotatable bonds is 4. The van der Waals surface area contributed by atoms with Gasteiger partial charge in [-0.3, -0.25) is 15.5 Å². The quantitative estimate of drug-likeness (QED) is 0.198. The first-order valence-corrected chi connectivity index (χ1v) is 11.0. The van der Waals surface area contributed by atoms with E-state index in [0.29, 0.717) is 19.3 Å². The Hall–Kier alpha value is -1.54. The molecular weight excluding hydrogens is 434 g/mol. The van der Waals surface area contributed by atoms with Gasteiger partial charge in [0, 0.05) is 32.1 Å². The molecule has 32 heavy (non-hydrogen) atoms. The molecular formula is C19H33F4N7O2. The number of aliphatic hydroxyl groups excluding tert-OH is 1. The van der Waals surface area contributed by atoms with Crippen molar-refractivity contribution >= 4 is 11.9 Å². The molecule has 2 heterocycles. The maximum Gasteiger partial charge on any atom is 0.405 e. The summed E-state index contributed by atoms with van der Waals surface area (Å²) >= 11 is 0. The zero-order chi connectivity index (χ0) is 23.6. The molecule has 0 aromatic heterocycles. The molecule has 184 valence electrons. The Bertz CT molecular complexity index is 693. The Morgan fingerprint density at radius 3 is 2.56 bits per heavy atom. The van der Waals surface area contributed by atoms with E-state index in [1.54, 1.807) is 0 Å². The maximum atomic E-state index is 13.9. The lowest BCUT2D eigenvalue weighted by molar-refractivity contribution is -0.168. The third-order valence-corrected chi connectivity index (χ3v) is 6.13. The van der Waals surface area contributed by atoms with Crippen molar-refractivity contribution in [3.63, 3.8) is 0 Å². The third kappa shape index (κ3) is 6.28. The number of halogens is 4. The monoisotopic (exact) mass is 467 g/mol. The van der Waals surface area contributed by atoms with Crippen LogP contribution in [0.1, 0.15) is 39.5 Å². The third-order valence-electron chi connectivity index (χ3n) is 6.13. The average molecular weight is 468 g/mol. The van der Waals surface area contributed by atoms with Crippen molar-refractivity contribution in [3.8, 4) is 0 Å². The van der Waals surface area contributed by atoms with Crippen LogP contribution in [0.5, 0.6) is 0 Å². The highest BCUT2D eigenvalue weighted by atomic mass is 19.4. The van der Waals surface area contributed by atoms with Crippen LogP contribution in [0.4, 0.5) is 17.6 Å². The molecule has 13 heteroatoms. The van der Waals surface area contributed by atoms with Gasteiger partial charge in [-0.1, -0.05) is 0 Å². The van der Waals surface area contributed by atoms with Crippen molar-refractivity contribution in [1.82, 2.24) is 31.9 Å². The Morgan fingerprint density at radius 2 is 1.94 bits per heavy atom. The fourth-order valence-electron chi connectivity index (χ4n) is 4.51. The molecule has 3 fully saturated rings. The lowest BCUT2D eigenvalue weighted by Crippen LogP contribution is -2.52. The van der Waals surface area contributed by atoms with Crippen molar-refractivity contribution in [2.24, 2.45) is 16.8 Å². The number of amides is 1. The first kappa shape index (κ1) is 25.1. The van der Waals surface area contributed by atoms with Crippen molar-refractivity contribution in [3.05, 3.63) is 0 Å². The molecule has 2 aliphatic heterocycles. The second-order valence-electron chi connectivity index (χ2n) is 9.20. The number of guanidine groups is 1. The Labute approximate surface area is 184 Å². The minimum Gasteiger partial charge on any atom is -0.390 e. The highest BCUT2D eigenvalue weighted by Gasteiger charge is 2.52. The van der Waals surface area contributed by atoms with E-state index in [0.717, 1.165) is 0 Å². The lowest BCUT2D eigenvalue weighted by Gasteiger charge is -2.32. The summed E-state index contributed by atoms with van der Waals surface area (Å²) < 4.78 is 53.8. The molecule has 0 spiro atoms. The van der Waals surface area contributed by atoms with Gasteiger partial charge >= 0.3 is 6.18 Å². The van der Waals surface area contributed by atoms with Crippen molar-refractivity contribution in [2.75, 3.05) is 13.6 Å². The number of nitrogens with one attached hydrogen (secondary N) is 5. The number of carbonyl (C=O) groups excluding carboxylic acids is 1. The van der Waals surface area contributed by atoms with Crippen LogP contribution in [-0.2, 0) is 4.79 Å². The highest BCUT2D eigenvalue weighted by molar-refractivity contribution is 5.98. The van der Waals surface area contributed by atoms with E-state index >= 15 is 0 Å². The molecule has 3 rings (SSSR count). The molecule has 7 unspecified atom stereocenters. The first-order valence-electron chi connectivity index (χ1n) is 11.0. The smallest absolute Gasteiger partial charge is 0.390 e. The number of nitrogens with zero attached hydrogens (tertiary/aromatic N) is 2. The Balaban J connectivity index is 1.64. The Kier molecular flexibility index (Phi) is 7.97. The van der Waals surface area contributed by atoms with Crippen LogP contribution in [0, 0.1) is 11.8 Å². The molecule has 1 aliphatic carbocycles. The summed E-state index contributed by atoms with van der Waals surface area (Å²) in [6.45, 7) is 3.56. The average Bonchev–Trinajstić information content (AvgIpc) is 3.30. The van der Waals surface area contributed by atoms with Gasteiger partial charge in [-0.25, -0.2) is 25.2 Å². The second kappa shape index (κ2) is 10.2. The normalized spacial score (nSPS) is 37.2. The van der Waals surface area contributed by atoms with Crippen molar-refractivity contribution in [1.29, 1.82) is 0 Å². The van der Waals surface area contributed by atoms with Gasteiger partial charge in [0.2, 0.25) is 5.91 Å². The predicted molar refractivity (Wildman–Crippen MR) is 110 cm³/mol. The fraction of sp³-hybridized carbons (Fsp3) is 0.895. The van der Waals surface area contributed by atoms with Gasteiger partial charge in [0.25, 0.3) is 0 Å². The van der Waals surface area contributed by atoms with Crippen molar-refractivity contribution < 1.29 is 27.5 Å². The molecule has 0 bridgehead atoms. The summed E-state index contributed by atoms with van der Waals surface area (Å²) in [6, 6.07) is -2.15. The van der Waals surface area contributed by atoms with Gasteiger partial charge in [0.15, 0.2) is 5.96 Å². The standard InChI is InChI=1S/C19H33F4N7O2/c1-9(2)24-18(26-17(32)11-8-30(3)29-16(11)19(21,22)23)25-15-7-13(27-28-15)10-4-5-14(31)12(20)6-10/h9-16,27-29,31H,4-8H2,1-3H3,(H2,24,25,26,32). The van der Waals surface area contributed by atoms with E-state index in [2.05, 4.69) is 31.9 Å². The van der Waals surface area contributed by atoms with Gasteiger partial charge in [-0.15, -0.1) is 0 Å². The Morgan fingerprint density at radius 1 is 1.22 bits per heavy atom. The zero-order valence-corrected chi connectivity index (χ0v) is 18.4. The van der Waals surface area contributed by atoms with Gasteiger partial charge in [-0.05, 0) is 39.0 Å². The number of hydrogen-bond acceptors (Lipinski definition) is 7. The number of aliphatic imine (C=N–C) groups is 1. The second-order valence-corrected chi connectivity index (χ2v) is 9.20. The van der Waals surface area contributed by atoms with Crippen LogP contribution >= 0.6 is 0 Å². The van der Waals surface area contributed by atoms with Crippen LogP contribution < -0.4 is 26.9 Å². The summed E-state index contributed by atoms with van der Waals surface area (Å²) in [7, 11) is 1.45. The van der Waals surface area contributed by atoms with Crippen LogP contribution in [0.25, 0.3) is 0 Å². The zero-order valence-electron chi connectivity index (χ0n) is 18.4. The van der Waals surface area contributed by atoms with E-state index in [4.69, 9.17) is 0 Å². The molecule has 2 saturated heterocycles. The van der Waals surface area contributed by atoms with E-state index in [9.17, 15) is 27.5 Å². The largest absolute Gasteiger partial charge is 0.405 e. The summed E-state index contributed by atoms with van der Waals surface area (Å²) in [6.07, 6.45) is -5.33. The SMILES string of the molecule is CC(C)N/C(=N\C1CC(C2CCC(O)C(F)C2)NN1)NC(=O)C1CN(C)NC1C(F)(F)F. The predicted octanol–water partition coefficient (Wildman–Crippen LogP) is 0.145. The van der Waals surface area contributed by atoms with E-state index in [1.165, 1.54) is 12.1 Å². The van der Waals surface area contributed by atoms with Crippen LogP contribution in [-0.4, -0.2) is 78.3 Å². The number of hydrazine groups is 2. The molecule has 0 aromatic carbocycles. The minimum absolute atomic E-state index is 0.0323. The molecule has 1 amide bonds. The number of carbonyl (C=O) groups is 1. The number of hydrogen-bond donors (Lipinski definition) is 6. The van der Waals surface area contributed by atoms with Gasteiger partial charge in [0.1, 0.15) is 18.4 Å². The molecule has 0 radical (unpaired) electrons. The van der Waals surface area contributed by atoms with Gasteiger partial charge in [-0.2, -0.15) is 13.2 Å². The highest BCUT2D eigenvalue weighted by Crippen LogP contribution is 2.32. The molecule has 0 aromatic rings. The summed E-state index contributed by atoms with van der Waals surface area (Å²) in [5, 5.41) is 16.3. The number of aliphatic hydroxyl groups is 1. The van der Waals surface area contributed by atoms with E-state index < -0.39 is 42.5 Å². The molecule has 6 N–H and O–H groups in total. The summed E-state index contributed by atoms with van der Waals surface area (Å²) in [5.41, 5.74) is 8.38. The van der Waals surface area contributed by atoms with Crippen molar-refractivity contribution in [2.45, 2.75) is 82.3 Å². The van der Waals surface area contributed by atoms with Gasteiger partial charge < -0.3 is 10.4 Å².